The van der Waals surface area contributed by atoms with E-state index < -0.39 is 0 Å². The summed E-state index contributed by atoms with van der Waals surface area (Å²) in [5.41, 5.74) is 9.72. The van der Waals surface area contributed by atoms with E-state index in [1.165, 1.54) is 98.3 Å². The molecular weight excluding hydrogens is 615 g/mol. The van der Waals surface area contributed by atoms with Crippen molar-refractivity contribution >= 4 is 64.8 Å². The molecule has 0 saturated heterocycles. The van der Waals surface area contributed by atoms with Gasteiger partial charge in [-0.15, -0.1) is 0 Å². The average Bonchev–Trinajstić information content (AvgIpc) is 3.55. The quantitative estimate of drug-likeness (QED) is 0.168. The lowest BCUT2D eigenvalue weighted by atomic mass is 9.91. The van der Waals surface area contributed by atoms with E-state index in [4.69, 9.17) is 0 Å². The van der Waals surface area contributed by atoms with Crippen LogP contribution in [0.15, 0.2) is 188 Å². The van der Waals surface area contributed by atoms with Gasteiger partial charge in [0.15, 0.2) is 0 Å². The van der Waals surface area contributed by atoms with Crippen LogP contribution >= 0.6 is 0 Å². The first kappa shape index (κ1) is 28.2. The van der Waals surface area contributed by atoms with Gasteiger partial charge < -0.3 is 4.57 Å². The van der Waals surface area contributed by atoms with Crippen LogP contribution in [0.2, 0.25) is 0 Å². The molecule has 0 radical (unpaired) electrons. The van der Waals surface area contributed by atoms with Crippen molar-refractivity contribution in [1.82, 2.24) is 4.57 Å². The Bertz CT molecular complexity index is 3080. The number of rotatable bonds is 4. The SMILES string of the molecule is c1ccc(-c2c(-c3ccccc3)n(-c3ccc(-c4cc5ccccc5c5ccccc45)cc3)c3c2cc2ccc4cccc5ccc3c2c45)cc1. The molecule has 11 rings (SSSR count). The molecule has 0 spiro atoms. The van der Waals surface area contributed by atoms with Gasteiger partial charge in [-0.2, -0.15) is 0 Å². The number of aromatic nitrogens is 1. The molecule has 0 unspecified atom stereocenters. The Kier molecular flexibility index (Phi) is 6.02. The van der Waals surface area contributed by atoms with Gasteiger partial charge in [0.1, 0.15) is 0 Å². The highest BCUT2D eigenvalue weighted by molar-refractivity contribution is 6.30. The van der Waals surface area contributed by atoms with Crippen LogP contribution in [0.3, 0.4) is 0 Å². The molecule has 0 bridgehead atoms. The predicted molar refractivity (Wildman–Crippen MR) is 218 cm³/mol. The molecule has 0 aliphatic rings. The number of fused-ring (bicyclic) bond motifs is 5. The van der Waals surface area contributed by atoms with Gasteiger partial charge in [-0.05, 0) is 95.0 Å². The monoisotopic (exact) mass is 645 g/mol. The molecule has 0 aliphatic heterocycles. The molecule has 0 N–H and O–H groups in total. The fraction of sp³-hybridized carbons (Fsp3) is 0. The van der Waals surface area contributed by atoms with Crippen molar-refractivity contribution in [2.45, 2.75) is 0 Å². The molecule has 1 heterocycles. The zero-order chi connectivity index (χ0) is 33.5. The lowest BCUT2D eigenvalue weighted by Gasteiger charge is -2.17. The predicted octanol–water partition coefficient (Wildman–Crippen LogP) is 13.8. The maximum atomic E-state index is 2.53. The highest BCUT2D eigenvalue weighted by Crippen LogP contribution is 2.48. The largest absolute Gasteiger partial charge is 0.308 e. The minimum atomic E-state index is 1.14. The molecule has 236 valence electrons. The van der Waals surface area contributed by atoms with Gasteiger partial charge >= 0.3 is 0 Å². The lowest BCUT2D eigenvalue weighted by molar-refractivity contribution is 1.14. The summed E-state index contributed by atoms with van der Waals surface area (Å²) in [4.78, 5) is 0. The summed E-state index contributed by atoms with van der Waals surface area (Å²) in [6, 6.07) is 69.3. The van der Waals surface area contributed by atoms with Crippen molar-refractivity contribution < 1.29 is 0 Å². The second-order valence-electron chi connectivity index (χ2n) is 13.7. The van der Waals surface area contributed by atoms with Crippen LogP contribution in [-0.2, 0) is 0 Å². The maximum Gasteiger partial charge on any atom is 0.0620 e. The molecule has 10 aromatic carbocycles. The molecule has 11 aromatic rings. The molecular formula is C50H31N. The summed E-state index contributed by atoms with van der Waals surface area (Å²) in [7, 11) is 0. The van der Waals surface area contributed by atoms with Gasteiger partial charge in [0.25, 0.3) is 0 Å². The first-order valence-electron chi connectivity index (χ1n) is 17.7. The molecule has 1 heteroatoms. The lowest BCUT2D eigenvalue weighted by Crippen LogP contribution is -1.98. The third-order valence-corrected chi connectivity index (χ3v) is 10.9. The molecule has 0 amide bonds. The molecule has 1 nitrogen and oxygen atoms in total. The Labute approximate surface area is 295 Å². The summed E-state index contributed by atoms with van der Waals surface area (Å²) in [6.45, 7) is 0. The van der Waals surface area contributed by atoms with Gasteiger partial charge in [0.05, 0.1) is 11.2 Å². The molecule has 0 saturated carbocycles. The van der Waals surface area contributed by atoms with Gasteiger partial charge in [0, 0.05) is 22.0 Å². The van der Waals surface area contributed by atoms with Crippen molar-refractivity contribution in [2.24, 2.45) is 0 Å². The Morgan fingerprint density at radius 2 is 0.922 bits per heavy atom. The van der Waals surface area contributed by atoms with Crippen LogP contribution < -0.4 is 0 Å². The van der Waals surface area contributed by atoms with E-state index in [2.05, 4.69) is 193 Å². The summed E-state index contributed by atoms with van der Waals surface area (Å²) >= 11 is 0. The fourth-order valence-corrected chi connectivity index (χ4v) is 8.69. The van der Waals surface area contributed by atoms with Crippen LogP contribution in [0.1, 0.15) is 0 Å². The van der Waals surface area contributed by atoms with Crippen LogP contribution in [-0.4, -0.2) is 4.57 Å². The molecule has 0 aliphatic carbocycles. The van der Waals surface area contributed by atoms with Crippen molar-refractivity contribution in [2.75, 3.05) is 0 Å². The van der Waals surface area contributed by atoms with E-state index in [1.54, 1.807) is 0 Å². The van der Waals surface area contributed by atoms with Crippen LogP contribution in [0, 0.1) is 0 Å². The van der Waals surface area contributed by atoms with E-state index in [0.29, 0.717) is 0 Å². The molecule has 0 atom stereocenters. The highest BCUT2D eigenvalue weighted by Gasteiger charge is 2.24. The first-order valence-corrected chi connectivity index (χ1v) is 17.7. The van der Waals surface area contributed by atoms with Gasteiger partial charge in [0.2, 0.25) is 0 Å². The van der Waals surface area contributed by atoms with Gasteiger partial charge in [-0.3, -0.25) is 0 Å². The van der Waals surface area contributed by atoms with Crippen molar-refractivity contribution in [1.29, 1.82) is 0 Å². The minimum absolute atomic E-state index is 1.14. The molecule has 1 aromatic heterocycles. The van der Waals surface area contributed by atoms with Gasteiger partial charge in [-0.25, -0.2) is 0 Å². The average molecular weight is 646 g/mol. The standard InChI is InChI=1S/C50H31N/c1-3-12-33(13-4-1)48-45-31-38-23-22-34-17-11-18-35-26-29-43(47(38)46(34)35)50(45)51(49(48)36-14-5-2-6-15-36)39-27-24-32(25-28-39)44-30-37-16-7-8-19-40(37)41-20-9-10-21-42(41)44/h1-31H. The zero-order valence-corrected chi connectivity index (χ0v) is 27.8. The molecule has 51 heavy (non-hydrogen) atoms. The smallest absolute Gasteiger partial charge is 0.0620 e. The topological polar surface area (TPSA) is 4.93 Å². The Balaban J connectivity index is 1.25. The Hall–Kier alpha value is -6.70. The minimum Gasteiger partial charge on any atom is -0.308 e. The van der Waals surface area contributed by atoms with Gasteiger partial charge in [-0.1, -0.05) is 164 Å². The number of hydrogen-bond donors (Lipinski definition) is 0. The molecule has 0 fully saturated rings. The summed E-state index contributed by atoms with van der Waals surface area (Å²) < 4.78 is 2.53. The zero-order valence-electron chi connectivity index (χ0n) is 27.8. The van der Waals surface area contributed by atoms with E-state index in [-0.39, 0.29) is 0 Å². The normalized spacial score (nSPS) is 11.9. The summed E-state index contributed by atoms with van der Waals surface area (Å²) in [6.07, 6.45) is 0. The number of benzene rings is 10. The van der Waals surface area contributed by atoms with E-state index in [1.807, 2.05) is 0 Å². The van der Waals surface area contributed by atoms with Crippen LogP contribution in [0.25, 0.3) is 104 Å². The van der Waals surface area contributed by atoms with E-state index >= 15 is 0 Å². The van der Waals surface area contributed by atoms with E-state index in [0.717, 1.165) is 5.69 Å². The second kappa shape index (κ2) is 10.9. The van der Waals surface area contributed by atoms with Crippen molar-refractivity contribution in [3.63, 3.8) is 0 Å². The highest BCUT2D eigenvalue weighted by atomic mass is 15.0. The third kappa shape index (κ3) is 4.16. The maximum absolute atomic E-state index is 2.53. The summed E-state index contributed by atoms with van der Waals surface area (Å²) in [5, 5.41) is 14.1. The Morgan fingerprint density at radius 1 is 0.314 bits per heavy atom. The second-order valence-corrected chi connectivity index (χ2v) is 13.7. The van der Waals surface area contributed by atoms with Crippen molar-refractivity contribution in [3.05, 3.63) is 188 Å². The fourth-order valence-electron chi connectivity index (χ4n) is 8.69. The van der Waals surface area contributed by atoms with Crippen LogP contribution in [0.5, 0.6) is 0 Å². The number of hydrogen-bond acceptors (Lipinski definition) is 0. The summed E-state index contributed by atoms with van der Waals surface area (Å²) in [5.74, 6) is 0. The first-order chi connectivity index (χ1) is 25.3. The van der Waals surface area contributed by atoms with E-state index in [9.17, 15) is 0 Å². The van der Waals surface area contributed by atoms with Crippen molar-refractivity contribution in [3.8, 4) is 39.2 Å². The Morgan fingerprint density at radius 3 is 1.69 bits per heavy atom. The van der Waals surface area contributed by atoms with Crippen LogP contribution in [0.4, 0.5) is 0 Å². The third-order valence-electron chi connectivity index (χ3n) is 10.9. The number of nitrogens with zero attached hydrogens (tertiary/aromatic N) is 1.